The molecule has 0 aliphatic carbocycles. The average molecular weight is 228 g/mol. The van der Waals surface area contributed by atoms with Crippen molar-refractivity contribution in [3.63, 3.8) is 0 Å². The van der Waals surface area contributed by atoms with Gasteiger partial charge in [0.05, 0.1) is 25.2 Å². The Morgan fingerprint density at radius 2 is 1.44 bits per heavy atom. The van der Waals surface area contributed by atoms with Gasteiger partial charge in [-0.1, -0.05) is 12.2 Å². The molecule has 0 aliphatic rings. The number of ketones is 1. The molecule has 0 aromatic heterocycles. The summed E-state index contributed by atoms with van der Waals surface area (Å²) < 4.78 is 0. The smallest absolute Gasteiger partial charge is 0.149 e. The van der Waals surface area contributed by atoms with Crippen molar-refractivity contribution in [3.8, 4) is 0 Å². The Bertz CT molecular complexity index is 225. The topological polar surface area (TPSA) is 77.8 Å². The number of hydrogen-bond acceptors (Lipinski definition) is 4. The van der Waals surface area contributed by atoms with E-state index in [0.717, 1.165) is 0 Å². The largest absolute Gasteiger partial charge is 0.395 e. The molecule has 92 valence electrons. The second-order valence-corrected chi connectivity index (χ2v) is 3.86. The summed E-state index contributed by atoms with van der Waals surface area (Å²) in [6.45, 7) is 5.40. The summed E-state index contributed by atoms with van der Waals surface area (Å²) in [4.78, 5) is 12.1. The molecule has 4 nitrogen and oxygen atoms in total. The molecule has 0 aromatic carbocycles. The molecule has 0 unspecified atom stereocenters. The second-order valence-electron chi connectivity index (χ2n) is 3.86. The van der Waals surface area contributed by atoms with E-state index in [2.05, 4.69) is 13.2 Å². The van der Waals surface area contributed by atoms with Gasteiger partial charge >= 0.3 is 0 Å². The zero-order valence-electron chi connectivity index (χ0n) is 9.43. The number of Topliss-reactive ketones (excluding diaryl/α,β-unsaturated/α-hetero) is 1. The van der Waals surface area contributed by atoms with Crippen LogP contribution in [0.4, 0.5) is 0 Å². The first-order chi connectivity index (χ1) is 7.61. The maximum atomic E-state index is 12.1. The highest BCUT2D eigenvalue weighted by Crippen LogP contribution is 2.25. The second kappa shape index (κ2) is 7.33. The Labute approximate surface area is 95.9 Å². The highest BCUT2D eigenvalue weighted by molar-refractivity contribution is 5.87. The van der Waals surface area contributed by atoms with Crippen LogP contribution in [0, 0.1) is 11.3 Å². The van der Waals surface area contributed by atoms with E-state index in [-0.39, 0.29) is 5.78 Å². The van der Waals surface area contributed by atoms with Gasteiger partial charge in [0.25, 0.3) is 0 Å². The highest BCUT2D eigenvalue weighted by atomic mass is 16.3. The number of allylic oxidation sites excluding steroid dienone is 2. The van der Waals surface area contributed by atoms with Crippen LogP contribution >= 0.6 is 0 Å². The Balaban J connectivity index is 4.92. The summed E-state index contributed by atoms with van der Waals surface area (Å²) in [6.07, 6.45) is 4.07. The van der Waals surface area contributed by atoms with Crippen LogP contribution in [0.3, 0.4) is 0 Å². The fourth-order valence-corrected chi connectivity index (χ4v) is 1.53. The highest BCUT2D eigenvalue weighted by Gasteiger charge is 2.39. The molecule has 0 heterocycles. The fourth-order valence-electron chi connectivity index (χ4n) is 1.53. The lowest BCUT2D eigenvalue weighted by atomic mass is 9.77. The number of aliphatic hydroxyl groups is 3. The average Bonchev–Trinajstić information content (AvgIpc) is 2.31. The van der Waals surface area contributed by atoms with E-state index < -0.39 is 31.2 Å². The van der Waals surface area contributed by atoms with Crippen LogP contribution in [0.15, 0.2) is 25.3 Å². The Morgan fingerprint density at radius 1 is 1.06 bits per heavy atom. The lowest BCUT2D eigenvalue weighted by Gasteiger charge is -2.29. The molecule has 0 rings (SSSR count). The maximum Gasteiger partial charge on any atom is 0.149 e. The summed E-state index contributed by atoms with van der Waals surface area (Å²) in [5.74, 6) is -0.749. The van der Waals surface area contributed by atoms with Crippen molar-refractivity contribution in [3.05, 3.63) is 25.3 Å². The monoisotopic (exact) mass is 228 g/mol. The van der Waals surface area contributed by atoms with Gasteiger partial charge in [0.15, 0.2) is 0 Å². The minimum absolute atomic E-state index is 0.347. The van der Waals surface area contributed by atoms with Gasteiger partial charge in [-0.05, 0) is 12.8 Å². The van der Waals surface area contributed by atoms with E-state index in [9.17, 15) is 4.79 Å². The van der Waals surface area contributed by atoms with Crippen molar-refractivity contribution >= 4 is 5.78 Å². The molecule has 16 heavy (non-hydrogen) atoms. The molecule has 3 N–H and O–H groups in total. The molecule has 0 saturated heterocycles. The van der Waals surface area contributed by atoms with Crippen LogP contribution in [0.2, 0.25) is 0 Å². The van der Waals surface area contributed by atoms with Gasteiger partial charge < -0.3 is 15.3 Å². The van der Waals surface area contributed by atoms with Gasteiger partial charge in [0.2, 0.25) is 0 Å². The van der Waals surface area contributed by atoms with Crippen LogP contribution in [-0.2, 0) is 4.79 Å². The van der Waals surface area contributed by atoms with Gasteiger partial charge in [-0.25, -0.2) is 0 Å². The Hall–Kier alpha value is -0.970. The van der Waals surface area contributed by atoms with E-state index in [4.69, 9.17) is 15.3 Å². The van der Waals surface area contributed by atoms with Crippen molar-refractivity contribution < 1.29 is 20.1 Å². The third-order valence-electron chi connectivity index (χ3n) is 2.70. The van der Waals surface area contributed by atoms with Crippen LogP contribution in [0.25, 0.3) is 0 Å². The lowest BCUT2D eigenvalue weighted by Crippen LogP contribution is -2.45. The van der Waals surface area contributed by atoms with Crippen molar-refractivity contribution in [2.45, 2.75) is 12.8 Å². The number of aliphatic hydroxyl groups excluding tert-OH is 3. The van der Waals surface area contributed by atoms with Crippen LogP contribution in [0.1, 0.15) is 12.8 Å². The van der Waals surface area contributed by atoms with Crippen molar-refractivity contribution in [2.24, 2.45) is 11.3 Å². The standard InChI is InChI=1S/C12H20O4/c1-3-5-10(6-4-2)11(16)12(7-13,8-14)9-15/h3-4,10,13-15H,1-2,5-9H2. The van der Waals surface area contributed by atoms with Crippen molar-refractivity contribution in [1.82, 2.24) is 0 Å². The van der Waals surface area contributed by atoms with E-state index >= 15 is 0 Å². The van der Waals surface area contributed by atoms with E-state index in [1.165, 1.54) is 0 Å². The summed E-state index contributed by atoms with van der Waals surface area (Å²) in [5, 5.41) is 27.4. The molecule has 0 aliphatic heterocycles. The van der Waals surface area contributed by atoms with Gasteiger partial charge in [0.1, 0.15) is 5.78 Å². The summed E-state index contributed by atoms with van der Waals surface area (Å²) >= 11 is 0. The van der Waals surface area contributed by atoms with Gasteiger partial charge in [0, 0.05) is 5.92 Å². The van der Waals surface area contributed by atoms with E-state index in [0.29, 0.717) is 12.8 Å². The molecule has 0 aromatic rings. The molecule has 0 bridgehead atoms. The third kappa shape index (κ3) is 3.27. The van der Waals surface area contributed by atoms with E-state index in [1.54, 1.807) is 12.2 Å². The van der Waals surface area contributed by atoms with Crippen molar-refractivity contribution in [2.75, 3.05) is 19.8 Å². The van der Waals surface area contributed by atoms with Crippen LogP contribution in [0.5, 0.6) is 0 Å². The normalized spacial score (nSPS) is 11.5. The predicted molar refractivity (Wildman–Crippen MR) is 61.8 cm³/mol. The first-order valence-electron chi connectivity index (χ1n) is 5.20. The lowest BCUT2D eigenvalue weighted by molar-refractivity contribution is -0.141. The predicted octanol–water partition coefficient (Wildman–Crippen LogP) is 0.287. The number of rotatable bonds is 9. The molecule has 0 atom stereocenters. The minimum Gasteiger partial charge on any atom is -0.395 e. The van der Waals surface area contributed by atoms with Gasteiger partial charge in [-0.3, -0.25) is 4.79 Å². The summed E-state index contributed by atoms with van der Waals surface area (Å²) in [6, 6.07) is 0. The Morgan fingerprint density at radius 3 is 1.69 bits per heavy atom. The molecule has 0 amide bonds. The molecule has 0 spiro atoms. The number of carbonyl (C=O) groups is 1. The zero-order valence-corrected chi connectivity index (χ0v) is 9.43. The fraction of sp³-hybridized carbons (Fsp3) is 0.583. The summed E-state index contributed by atoms with van der Waals surface area (Å²) in [5.41, 5.74) is -1.46. The molecule has 0 saturated carbocycles. The van der Waals surface area contributed by atoms with Gasteiger partial charge in [-0.2, -0.15) is 0 Å². The maximum absolute atomic E-state index is 12.1. The quantitative estimate of drug-likeness (QED) is 0.496. The molecular formula is C12H20O4. The zero-order chi connectivity index (χ0) is 12.6. The van der Waals surface area contributed by atoms with Crippen LogP contribution < -0.4 is 0 Å². The molecule has 4 heteroatoms. The Kier molecular flexibility index (Phi) is 6.88. The molecular weight excluding hydrogens is 208 g/mol. The van der Waals surface area contributed by atoms with Crippen LogP contribution in [-0.4, -0.2) is 40.9 Å². The first-order valence-corrected chi connectivity index (χ1v) is 5.20. The molecule has 0 radical (unpaired) electrons. The number of carbonyl (C=O) groups excluding carboxylic acids is 1. The molecule has 0 fully saturated rings. The van der Waals surface area contributed by atoms with Gasteiger partial charge in [-0.15, -0.1) is 13.2 Å². The minimum atomic E-state index is -1.46. The van der Waals surface area contributed by atoms with Crippen molar-refractivity contribution in [1.29, 1.82) is 0 Å². The van der Waals surface area contributed by atoms with E-state index in [1.807, 2.05) is 0 Å². The number of hydrogen-bond donors (Lipinski definition) is 3. The first kappa shape index (κ1) is 15.0. The SMILES string of the molecule is C=CCC(CC=C)C(=O)C(CO)(CO)CO. The third-order valence-corrected chi connectivity index (χ3v) is 2.70. The summed E-state index contributed by atoms with van der Waals surface area (Å²) in [7, 11) is 0.